The summed E-state index contributed by atoms with van der Waals surface area (Å²) in [5, 5.41) is 10.1. The number of benzene rings is 1. The van der Waals surface area contributed by atoms with Crippen molar-refractivity contribution in [2.24, 2.45) is 0 Å². The summed E-state index contributed by atoms with van der Waals surface area (Å²) in [6.07, 6.45) is 3.75. The van der Waals surface area contributed by atoms with Crippen molar-refractivity contribution in [2.75, 3.05) is 0 Å². The first-order chi connectivity index (χ1) is 8.38. The lowest BCUT2D eigenvalue weighted by Crippen LogP contribution is -2.02. The van der Waals surface area contributed by atoms with Gasteiger partial charge in [-0.2, -0.15) is 10.2 Å². The Morgan fingerprint density at radius 2 is 2.06 bits per heavy atom. The number of nitrogens with zero attached hydrogens (tertiary/aromatic N) is 4. The van der Waals surface area contributed by atoms with Crippen molar-refractivity contribution >= 4 is 10.9 Å². The molecule has 4 nitrogen and oxygen atoms in total. The van der Waals surface area contributed by atoms with E-state index in [1.54, 1.807) is 6.20 Å². The van der Waals surface area contributed by atoms with Gasteiger partial charge in [-0.1, -0.05) is 18.2 Å². The second kappa shape index (κ2) is 4.05. The van der Waals surface area contributed by atoms with Crippen molar-refractivity contribution in [1.82, 2.24) is 19.6 Å². The number of fused-ring (bicyclic) bond motifs is 1. The first-order valence-corrected chi connectivity index (χ1v) is 5.80. The van der Waals surface area contributed by atoms with Crippen LogP contribution < -0.4 is 0 Å². The van der Waals surface area contributed by atoms with Gasteiger partial charge in [-0.3, -0.25) is 9.36 Å². The highest BCUT2D eigenvalue weighted by atomic mass is 15.3. The van der Waals surface area contributed by atoms with E-state index in [1.165, 1.54) is 10.9 Å². The van der Waals surface area contributed by atoms with E-state index in [2.05, 4.69) is 35.3 Å². The maximum atomic E-state index is 4.64. The topological polar surface area (TPSA) is 35.6 Å². The van der Waals surface area contributed by atoms with Crippen LogP contribution in [0.1, 0.15) is 12.6 Å². The van der Waals surface area contributed by atoms with E-state index >= 15 is 0 Å². The molecule has 0 radical (unpaired) electrons. The molecule has 3 aromatic rings. The molecule has 0 saturated heterocycles. The van der Waals surface area contributed by atoms with E-state index in [0.29, 0.717) is 0 Å². The maximum Gasteiger partial charge on any atom is 0.0918 e. The van der Waals surface area contributed by atoms with Crippen LogP contribution in [0.15, 0.2) is 42.7 Å². The van der Waals surface area contributed by atoms with E-state index in [9.17, 15) is 0 Å². The van der Waals surface area contributed by atoms with E-state index in [1.807, 2.05) is 27.7 Å². The highest BCUT2D eigenvalue weighted by Gasteiger charge is 2.09. The Kier molecular flexibility index (Phi) is 2.40. The lowest BCUT2D eigenvalue weighted by atomic mass is 10.2. The number of para-hydroxylation sites is 1. The van der Waals surface area contributed by atoms with Crippen molar-refractivity contribution in [2.45, 2.75) is 20.0 Å². The predicted molar refractivity (Wildman–Crippen MR) is 66.7 cm³/mol. The van der Waals surface area contributed by atoms with Crippen molar-refractivity contribution < 1.29 is 0 Å². The molecule has 0 amide bonds. The Balaban J connectivity index is 2.10. The molecule has 0 atom stereocenters. The Morgan fingerprint density at radius 1 is 1.18 bits per heavy atom. The summed E-state index contributed by atoms with van der Waals surface area (Å²) in [6, 6.07) is 10.3. The van der Waals surface area contributed by atoms with Crippen LogP contribution in [0, 0.1) is 0 Å². The fourth-order valence-corrected chi connectivity index (χ4v) is 2.10. The van der Waals surface area contributed by atoms with Gasteiger partial charge in [-0.05, 0) is 19.1 Å². The normalized spacial score (nSPS) is 11.1. The van der Waals surface area contributed by atoms with Gasteiger partial charge in [0, 0.05) is 24.3 Å². The van der Waals surface area contributed by atoms with Gasteiger partial charge in [0.2, 0.25) is 0 Å². The van der Waals surface area contributed by atoms with Crippen LogP contribution in [0.3, 0.4) is 0 Å². The van der Waals surface area contributed by atoms with Crippen LogP contribution in [-0.4, -0.2) is 19.6 Å². The summed E-state index contributed by atoms with van der Waals surface area (Å²) in [4.78, 5) is 0. The van der Waals surface area contributed by atoms with Gasteiger partial charge in [0.15, 0.2) is 0 Å². The van der Waals surface area contributed by atoms with Gasteiger partial charge >= 0.3 is 0 Å². The van der Waals surface area contributed by atoms with Gasteiger partial charge in [0.1, 0.15) is 0 Å². The number of rotatable bonds is 3. The van der Waals surface area contributed by atoms with Crippen molar-refractivity contribution in [3.63, 3.8) is 0 Å². The largest absolute Gasteiger partial charge is 0.267 e. The van der Waals surface area contributed by atoms with Crippen LogP contribution in [0.4, 0.5) is 0 Å². The molecule has 0 aliphatic carbocycles. The Hall–Kier alpha value is -2.10. The molecule has 0 spiro atoms. The fourth-order valence-electron chi connectivity index (χ4n) is 2.10. The summed E-state index contributed by atoms with van der Waals surface area (Å²) in [5.41, 5.74) is 2.27. The molecule has 2 aromatic heterocycles. The van der Waals surface area contributed by atoms with Gasteiger partial charge in [0.25, 0.3) is 0 Å². The average Bonchev–Trinajstić information content (AvgIpc) is 2.98. The third-order valence-corrected chi connectivity index (χ3v) is 2.90. The lowest BCUT2D eigenvalue weighted by Gasteiger charge is -1.97. The molecule has 17 heavy (non-hydrogen) atoms. The molecule has 1 aromatic carbocycles. The zero-order valence-electron chi connectivity index (χ0n) is 9.74. The number of aryl methyl sites for hydroxylation is 1. The molecule has 0 aliphatic rings. The molecule has 4 heteroatoms. The smallest absolute Gasteiger partial charge is 0.0918 e. The van der Waals surface area contributed by atoms with E-state index in [4.69, 9.17) is 0 Å². The summed E-state index contributed by atoms with van der Waals surface area (Å²) < 4.78 is 3.93. The number of hydrogen-bond acceptors (Lipinski definition) is 2. The van der Waals surface area contributed by atoms with Gasteiger partial charge < -0.3 is 0 Å². The van der Waals surface area contributed by atoms with E-state index in [-0.39, 0.29) is 0 Å². The molecule has 0 aliphatic heterocycles. The zero-order valence-corrected chi connectivity index (χ0v) is 9.74. The molecule has 3 rings (SSSR count). The molecule has 2 heterocycles. The highest BCUT2D eigenvalue weighted by molar-refractivity contribution is 5.81. The molecule has 86 valence electrons. The summed E-state index contributed by atoms with van der Waals surface area (Å²) >= 11 is 0. The number of aromatic nitrogens is 4. The van der Waals surface area contributed by atoms with Crippen LogP contribution in [0.5, 0.6) is 0 Å². The van der Waals surface area contributed by atoms with Crippen molar-refractivity contribution in [1.29, 1.82) is 0 Å². The Labute approximate surface area is 99.5 Å². The third kappa shape index (κ3) is 1.71. The second-order valence-electron chi connectivity index (χ2n) is 3.98. The van der Waals surface area contributed by atoms with Gasteiger partial charge in [-0.25, -0.2) is 0 Å². The lowest BCUT2D eigenvalue weighted by molar-refractivity contribution is 0.627. The van der Waals surface area contributed by atoms with Crippen LogP contribution in [0.2, 0.25) is 0 Å². The average molecular weight is 226 g/mol. The SMILES string of the molecule is CCn1nc(Cn2cccn2)c2ccccc21. The summed E-state index contributed by atoms with van der Waals surface area (Å²) in [7, 11) is 0. The van der Waals surface area contributed by atoms with Crippen LogP contribution >= 0.6 is 0 Å². The quantitative estimate of drug-likeness (QED) is 0.687. The van der Waals surface area contributed by atoms with Crippen LogP contribution in [-0.2, 0) is 13.1 Å². The second-order valence-corrected chi connectivity index (χ2v) is 3.98. The Bertz CT molecular complexity index is 622. The number of hydrogen-bond donors (Lipinski definition) is 0. The predicted octanol–water partition coefficient (Wildman–Crippen LogP) is 2.30. The standard InChI is InChI=1S/C13H14N4/c1-2-17-13-7-4-3-6-11(13)12(15-17)10-16-9-5-8-14-16/h3-9H,2,10H2,1H3. The fraction of sp³-hybridized carbons (Fsp3) is 0.231. The molecule has 0 unspecified atom stereocenters. The molecular weight excluding hydrogens is 212 g/mol. The minimum atomic E-state index is 0.723. The van der Waals surface area contributed by atoms with E-state index in [0.717, 1.165) is 18.8 Å². The summed E-state index contributed by atoms with van der Waals surface area (Å²) in [5.74, 6) is 0. The third-order valence-electron chi connectivity index (χ3n) is 2.90. The van der Waals surface area contributed by atoms with Crippen molar-refractivity contribution in [3.05, 3.63) is 48.4 Å². The minimum absolute atomic E-state index is 0.723. The first-order valence-electron chi connectivity index (χ1n) is 5.80. The first kappa shape index (κ1) is 10.1. The van der Waals surface area contributed by atoms with E-state index < -0.39 is 0 Å². The zero-order chi connectivity index (χ0) is 11.7. The minimum Gasteiger partial charge on any atom is -0.267 e. The van der Waals surface area contributed by atoms with Gasteiger partial charge in [-0.15, -0.1) is 0 Å². The highest BCUT2D eigenvalue weighted by Crippen LogP contribution is 2.18. The maximum absolute atomic E-state index is 4.64. The van der Waals surface area contributed by atoms with Gasteiger partial charge in [0.05, 0.1) is 17.8 Å². The monoisotopic (exact) mass is 226 g/mol. The molecule has 0 N–H and O–H groups in total. The molecule has 0 fully saturated rings. The Morgan fingerprint density at radius 3 is 2.82 bits per heavy atom. The van der Waals surface area contributed by atoms with Crippen LogP contribution in [0.25, 0.3) is 10.9 Å². The summed E-state index contributed by atoms with van der Waals surface area (Å²) in [6.45, 7) is 3.72. The molecular formula is C13H14N4. The molecule has 0 saturated carbocycles. The van der Waals surface area contributed by atoms with Crippen molar-refractivity contribution in [3.8, 4) is 0 Å². The molecule has 0 bridgehead atoms.